The van der Waals surface area contributed by atoms with E-state index in [9.17, 15) is 18.0 Å². The van der Waals surface area contributed by atoms with Gasteiger partial charge in [0.2, 0.25) is 11.8 Å². The summed E-state index contributed by atoms with van der Waals surface area (Å²) in [6, 6.07) is 13.4. The number of aryl methyl sites for hydroxylation is 1. The van der Waals surface area contributed by atoms with E-state index in [0.717, 1.165) is 37.1 Å². The minimum atomic E-state index is -4.62. The van der Waals surface area contributed by atoms with E-state index >= 15 is 0 Å². The second-order valence-corrected chi connectivity index (χ2v) is 10.2. The van der Waals surface area contributed by atoms with E-state index in [1.807, 2.05) is 14.0 Å². The van der Waals surface area contributed by atoms with E-state index in [1.54, 1.807) is 49.8 Å². The highest BCUT2D eigenvalue weighted by Gasteiger charge is 2.32. The van der Waals surface area contributed by atoms with Gasteiger partial charge in [0, 0.05) is 42.8 Å². The van der Waals surface area contributed by atoms with Crippen molar-refractivity contribution < 1.29 is 27.4 Å². The SMILES string of the molecule is CNc1nccc(-c2cccnc2Oc2cc(C(=O)Nc3cc(OCC4CCCN4C)cc(C(F)(F)F)c3)ccc2C)n1. The average molecular weight is 593 g/mol. The van der Waals surface area contributed by atoms with Crippen molar-refractivity contribution in [2.75, 3.05) is 37.9 Å². The molecule has 2 aromatic carbocycles. The van der Waals surface area contributed by atoms with E-state index in [1.165, 1.54) is 12.1 Å². The second-order valence-electron chi connectivity index (χ2n) is 10.2. The Morgan fingerprint density at radius 1 is 1.09 bits per heavy atom. The van der Waals surface area contributed by atoms with Crippen LogP contribution in [-0.2, 0) is 6.18 Å². The van der Waals surface area contributed by atoms with Crippen molar-refractivity contribution in [3.8, 4) is 28.6 Å². The summed E-state index contributed by atoms with van der Waals surface area (Å²) >= 11 is 0. The number of aromatic nitrogens is 3. The third kappa shape index (κ3) is 7.20. The highest BCUT2D eigenvalue weighted by molar-refractivity contribution is 6.04. The molecule has 1 saturated heterocycles. The number of hydrogen-bond acceptors (Lipinski definition) is 8. The van der Waals surface area contributed by atoms with Crippen LogP contribution in [0.4, 0.5) is 24.8 Å². The number of likely N-dealkylation sites (tertiary alicyclic amines) is 1. The molecule has 0 saturated carbocycles. The Labute approximate surface area is 247 Å². The molecule has 12 heteroatoms. The van der Waals surface area contributed by atoms with Gasteiger partial charge in [-0.3, -0.25) is 4.79 Å². The fourth-order valence-corrected chi connectivity index (χ4v) is 4.76. The monoisotopic (exact) mass is 592 g/mol. The second kappa shape index (κ2) is 12.7. The predicted octanol–water partition coefficient (Wildman–Crippen LogP) is 6.43. The molecule has 1 amide bonds. The number of amides is 1. The van der Waals surface area contributed by atoms with Crippen LogP contribution in [0, 0.1) is 6.92 Å². The molecule has 3 heterocycles. The largest absolute Gasteiger partial charge is 0.492 e. The third-order valence-electron chi connectivity index (χ3n) is 7.19. The summed E-state index contributed by atoms with van der Waals surface area (Å²) in [5, 5.41) is 5.48. The zero-order chi connectivity index (χ0) is 30.6. The van der Waals surface area contributed by atoms with Crippen LogP contribution in [0.2, 0.25) is 0 Å². The lowest BCUT2D eigenvalue weighted by atomic mass is 10.1. The Balaban J connectivity index is 1.37. The van der Waals surface area contributed by atoms with Gasteiger partial charge < -0.3 is 25.0 Å². The number of rotatable bonds is 9. The van der Waals surface area contributed by atoms with Gasteiger partial charge in [-0.25, -0.2) is 15.0 Å². The van der Waals surface area contributed by atoms with Crippen molar-refractivity contribution in [1.29, 1.82) is 0 Å². The number of halogens is 3. The van der Waals surface area contributed by atoms with Crippen LogP contribution in [0.15, 0.2) is 67.0 Å². The number of ether oxygens (including phenoxy) is 2. The molecule has 0 radical (unpaired) electrons. The molecular weight excluding hydrogens is 561 g/mol. The van der Waals surface area contributed by atoms with Crippen molar-refractivity contribution in [1.82, 2.24) is 19.9 Å². The minimum Gasteiger partial charge on any atom is -0.492 e. The number of nitrogens with zero attached hydrogens (tertiary/aromatic N) is 4. The van der Waals surface area contributed by atoms with E-state index in [-0.39, 0.29) is 35.5 Å². The van der Waals surface area contributed by atoms with E-state index in [2.05, 4.69) is 30.5 Å². The fourth-order valence-electron chi connectivity index (χ4n) is 4.76. The summed E-state index contributed by atoms with van der Waals surface area (Å²) in [5.41, 5.74) is 1.14. The van der Waals surface area contributed by atoms with Crippen LogP contribution in [0.1, 0.15) is 34.3 Å². The topological polar surface area (TPSA) is 102 Å². The van der Waals surface area contributed by atoms with Crippen molar-refractivity contribution in [2.24, 2.45) is 0 Å². The summed E-state index contributed by atoms with van der Waals surface area (Å²) in [6.07, 6.45) is 0.483. The molecule has 2 N–H and O–H groups in total. The van der Waals surface area contributed by atoms with E-state index in [0.29, 0.717) is 23.0 Å². The summed E-state index contributed by atoms with van der Waals surface area (Å²) < 4.78 is 53.0. The normalized spacial score (nSPS) is 15.3. The molecule has 1 aliphatic heterocycles. The highest BCUT2D eigenvalue weighted by Crippen LogP contribution is 2.36. The molecule has 1 fully saturated rings. The number of hydrogen-bond donors (Lipinski definition) is 2. The lowest BCUT2D eigenvalue weighted by Gasteiger charge is -2.20. The van der Waals surface area contributed by atoms with Crippen molar-refractivity contribution >= 4 is 17.5 Å². The molecule has 1 unspecified atom stereocenters. The smallest absolute Gasteiger partial charge is 0.416 e. The molecule has 4 aromatic rings. The molecular formula is C31H31F3N6O3. The van der Waals surface area contributed by atoms with Gasteiger partial charge in [-0.2, -0.15) is 13.2 Å². The van der Waals surface area contributed by atoms with Crippen molar-refractivity contribution in [3.63, 3.8) is 0 Å². The van der Waals surface area contributed by atoms with Gasteiger partial charge in [0.25, 0.3) is 5.91 Å². The van der Waals surface area contributed by atoms with Gasteiger partial charge in [0.1, 0.15) is 18.1 Å². The Morgan fingerprint density at radius 2 is 1.93 bits per heavy atom. The Hall–Kier alpha value is -4.71. The number of anilines is 2. The van der Waals surface area contributed by atoms with E-state index in [4.69, 9.17) is 9.47 Å². The Bertz CT molecular complexity index is 1610. The number of benzene rings is 2. The van der Waals surface area contributed by atoms with Crippen LogP contribution in [0.25, 0.3) is 11.3 Å². The number of likely N-dealkylation sites (N-methyl/N-ethyl adjacent to an activating group) is 1. The summed E-state index contributed by atoms with van der Waals surface area (Å²) in [6.45, 7) is 2.98. The number of carbonyl (C=O) groups excluding carboxylic acids is 1. The predicted molar refractivity (Wildman–Crippen MR) is 157 cm³/mol. The lowest BCUT2D eigenvalue weighted by Crippen LogP contribution is -2.30. The number of pyridine rings is 1. The lowest BCUT2D eigenvalue weighted by molar-refractivity contribution is -0.137. The standard InChI is InChI=1S/C31H31F3N6O3/c1-19-8-9-20(14-27(19)43-29-25(7-4-11-36-29)26-10-12-37-30(35-2)39-26)28(41)38-22-15-21(31(32,33)34)16-24(17-22)42-18-23-6-5-13-40(23)3/h4,7-12,14-17,23H,5-6,13,18H2,1-3H3,(H,38,41)(H,35,37,39). The first-order chi connectivity index (χ1) is 20.6. The fraction of sp³-hybridized carbons (Fsp3) is 0.290. The molecule has 0 aliphatic carbocycles. The van der Waals surface area contributed by atoms with Gasteiger partial charge in [-0.1, -0.05) is 6.07 Å². The summed E-state index contributed by atoms with van der Waals surface area (Å²) in [4.78, 5) is 28.3. The minimum absolute atomic E-state index is 0.0336. The zero-order valence-corrected chi connectivity index (χ0v) is 23.9. The van der Waals surface area contributed by atoms with Crippen LogP contribution < -0.4 is 20.1 Å². The maximum Gasteiger partial charge on any atom is 0.416 e. The molecule has 2 aromatic heterocycles. The van der Waals surface area contributed by atoms with E-state index < -0.39 is 17.6 Å². The molecule has 224 valence electrons. The van der Waals surface area contributed by atoms with Crippen LogP contribution >= 0.6 is 0 Å². The molecule has 5 rings (SSSR count). The summed E-state index contributed by atoms with van der Waals surface area (Å²) in [7, 11) is 3.67. The molecule has 0 bridgehead atoms. The van der Waals surface area contributed by atoms with Crippen LogP contribution in [0.5, 0.6) is 17.4 Å². The first-order valence-electron chi connectivity index (χ1n) is 13.7. The molecule has 1 atom stereocenters. The average Bonchev–Trinajstić information content (AvgIpc) is 3.41. The molecule has 43 heavy (non-hydrogen) atoms. The first kappa shape index (κ1) is 29.8. The Morgan fingerprint density at radius 3 is 2.67 bits per heavy atom. The van der Waals surface area contributed by atoms with Gasteiger partial charge in [0.05, 0.1) is 16.8 Å². The number of alkyl halides is 3. The Kier molecular flexibility index (Phi) is 8.76. The molecule has 1 aliphatic rings. The quantitative estimate of drug-likeness (QED) is 0.230. The van der Waals surface area contributed by atoms with Gasteiger partial charge >= 0.3 is 6.18 Å². The van der Waals surface area contributed by atoms with Crippen molar-refractivity contribution in [2.45, 2.75) is 32.0 Å². The first-order valence-corrected chi connectivity index (χ1v) is 13.7. The van der Waals surface area contributed by atoms with Crippen molar-refractivity contribution in [3.05, 3.63) is 83.7 Å². The van der Waals surface area contributed by atoms with Gasteiger partial charge in [0.15, 0.2) is 0 Å². The number of nitrogens with one attached hydrogen (secondary N) is 2. The summed E-state index contributed by atoms with van der Waals surface area (Å²) in [5.74, 6) is 0.463. The zero-order valence-electron chi connectivity index (χ0n) is 23.9. The maximum atomic E-state index is 13.7. The third-order valence-corrected chi connectivity index (χ3v) is 7.19. The van der Waals surface area contributed by atoms with Gasteiger partial charge in [-0.15, -0.1) is 0 Å². The number of carbonyl (C=O) groups is 1. The highest BCUT2D eigenvalue weighted by atomic mass is 19.4. The molecule has 9 nitrogen and oxygen atoms in total. The van der Waals surface area contributed by atoms with Crippen LogP contribution in [0.3, 0.4) is 0 Å². The van der Waals surface area contributed by atoms with Gasteiger partial charge in [-0.05, 0) is 81.4 Å². The molecule has 0 spiro atoms. The maximum absolute atomic E-state index is 13.7. The van der Waals surface area contributed by atoms with Crippen LogP contribution in [-0.4, -0.2) is 59.0 Å².